The molecule has 1 amide bonds. The number of carbonyl (C=O) groups excluding carboxylic acids is 1. The Morgan fingerprint density at radius 2 is 1.88 bits per heavy atom. The predicted octanol–water partition coefficient (Wildman–Crippen LogP) is 3.43. The SMILES string of the molecule is CON(C)S(=O)(=O)c1cccc(C(=O)Nc2cc(Cl)ccc2Cl)c1. The molecule has 2 aromatic carbocycles. The van der Waals surface area contributed by atoms with Crippen molar-refractivity contribution in [1.82, 2.24) is 4.47 Å². The maximum absolute atomic E-state index is 12.3. The fourth-order valence-electron chi connectivity index (χ4n) is 1.83. The van der Waals surface area contributed by atoms with Gasteiger partial charge in [-0.1, -0.05) is 33.7 Å². The number of carbonyl (C=O) groups is 1. The zero-order valence-corrected chi connectivity index (χ0v) is 15.1. The number of hydroxylamine groups is 1. The molecule has 6 nitrogen and oxygen atoms in total. The maximum Gasteiger partial charge on any atom is 0.264 e. The van der Waals surface area contributed by atoms with Crippen molar-refractivity contribution in [2.45, 2.75) is 4.90 Å². The van der Waals surface area contributed by atoms with Crippen LogP contribution in [0.2, 0.25) is 10.0 Å². The van der Waals surface area contributed by atoms with Crippen molar-refractivity contribution in [3.8, 4) is 0 Å². The minimum atomic E-state index is -3.85. The highest BCUT2D eigenvalue weighted by molar-refractivity contribution is 7.89. The summed E-state index contributed by atoms with van der Waals surface area (Å²) in [6.45, 7) is 0. The molecule has 128 valence electrons. The van der Waals surface area contributed by atoms with Crippen LogP contribution in [-0.2, 0) is 14.9 Å². The summed E-state index contributed by atoms with van der Waals surface area (Å²) in [6, 6.07) is 10.2. The summed E-state index contributed by atoms with van der Waals surface area (Å²) >= 11 is 11.9. The highest BCUT2D eigenvalue weighted by Gasteiger charge is 2.22. The van der Waals surface area contributed by atoms with Crippen LogP contribution in [0.1, 0.15) is 10.4 Å². The Kier molecular flexibility index (Phi) is 5.84. The molecule has 2 rings (SSSR count). The quantitative estimate of drug-likeness (QED) is 0.796. The molecule has 24 heavy (non-hydrogen) atoms. The first-order valence-corrected chi connectivity index (χ1v) is 8.85. The first-order valence-electron chi connectivity index (χ1n) is 6.65. The molecule has 0 unspecified atom stereocenters. The van der Waals surface area contributed by atoms with Crippen LogP contribution in [0.25, 0.3) is 0 Å². The zero-order valence-electron chi connectivity index (χ0n) is 12.8. The van der Waals surface area contributed by atoms with Gasteiger partial charge in [0.2, 0.25) is 0 Å². The fraction of sp³-hybridized carbons (Fsp3) is 0.133. The molecule has 1 N–H and O–H groups in total. The first-order chi connectivity index (χ1) is 11.3. The highest BCUT2D eigenvalue weighted by atomic mass is 35.5. The van der Waals surface area contributed by atoms with E-state index in [1.165, 1.54) is 44.5 Å². The number of hydrogen-bond acceptors (Lipinski definition) is 4. The van der Waals surface area contributed by atoms with E-state index in [-0.39, 0.29) is 10.5 Å². The minimum absolute atomic E-state index is 0.0725. The lowest BCUT2D eigenvalue weighted by molar-refractivity contribution is -0.0258. The van der Waals surface area contributed by atoms with Gasteiger partial charge in [-0.2, -0.15) is 0 Å². The molecular formula is C15H14Cl2N2O4S. The summed E-state index contributed by atoms with van der Waals surface area (Å²) in [4.78, 5) is 17.0. The number of rotatable bonds is 5. The Morgan fingerprint density at radius 3 is 2.54 bits per heavy atom. The second-order valence-electron chi connectivity index (χ2n) is 4.70. The van der Waals surface area contributed by atoms with E-state index in [4.69, 9.17) is 28.0 Å². The fourth-order valence-corrected chi connectivity index (χ4v) is 3.19. The van der Waals surface area contributed by atoms with E-state index in [1.54, 1.807) is 12.1 Å². The van der Waals surface area contributed by atoms with Crippen LogP contribution in [0.5, 0.6) is 0 Å². The lowest BCUT2D eigenvalue weighted by Crippen LogP contribution is -2.26. The number of amides is 1. The molecule has 0 aromatic heterocycles. The Bertz CT molecular complexity index is 872. The molecule has 0 radical (unpaired) electrons. The Morgan fingerprint density at radius 1 is 1.17 bits per heavy atom. The summed E-state index contributed by atoms with van der Waals surface area (Å²) in [5.41, 5.74) is 0.480. The van der Waals surface area contributed by atoms with Crippen molar-refractivity contribution < 1.29 is 18.0 Å². The van der Waals surface area contributed by atoms with Gasteiger partial charge in [0.1, 0.15) is 0 Å². The Balaban J connectivity index is 2.31. The van der Waals surface area contributed by atoms with Crippen LogP contribution in [0.3, 0.4) is 0 Å². The third-order valence-corrected chi connectivity index (χ3v) is 5.41. The monoisotopic (exact) mass is 388 g/mol. The lowest BCUT2D eigenvalue weighted by atomic mass is 10.2. The number of benzene rings is 2. The van der Waals surface area contributed by atoms with Gasteiger partial charge in [-0.15, -0.1) is 0 Å². The van der Waals surface area contributed by atoms with Crippen LogP contribution in [0.4, 0.5) is 5.69 Å². The van der Waals surface area contributed by atoms with Crippen molar-refractivity contribution in [1.29, 1.82) is 0 Å². The Labute approximate surface area is 149 Å². The van der Waals surface area contributed by atoms with Gasteiger partial charge in [0.05, 0.1) is 22.7 Å². The average molecular weight is 389 g/mol. The summed E-state index contributed by atoms with van der Waals surface area (Å²) in [5, 5.41) is 3.32. The van der Waals surface area contributed by atoms with Crippen molar-refractivity contribution >= 4 is 44.8 Å². The molecule has 0 atom stereocenters. The van der Waals surface area contributed by atoms with Gasteiger partial charge in [-0.25, -0.2) is 8.42 Å². The van der Waals surface area contributed by atoms with Gasteiger partial charge in [0.15, 0.2) is 0 Å². The van der Waals surface area contributed by atoms with Crippen molar-refractivity contribution in [3.63, 3.8) is 0 Å². The Hall–Kier alpha value is -1.64. The largest absolute Gasteiger partial charge is 0.321 e. The van der Waals surface area contributed by atoms with Crippen LogP contribution >= 0.6 is 23.2 Å². The lowest BCUT2D eigenvalue weighted by Gasteiger charge is -2.14. The molecule has 0 aliphatic carbocycles. The normalized spacial score (nSPS) is 11.5. The summed E-state index contributed by atoms with van der Waals surface area (Å²) in [6.07, 6.45) is 0. The van der Waals surface area contributed by atoms with E-state index in [0.717, 1.165) is 0 Å². The molecule has 2 aromatic rings. The van der Waals surface area contributed by atoms with E-state index in [9.17, 15) is 13.2 Å². The van der Waals surface area contributed by atoms with E-state index in [0.29, 0.717) is 20.2 Å². The van der Waals surface area contributed by atoms with Crippen molar-refractivity contribution in [3.05, 3.63) is 58.1 Å². The van der Waals surface area contributed by atoms with E-state index in [1.807, 2.05) is 0 Å². The van der Waals surface area contributed by atoms with Gasteiger partial charge in [0.25, 0.3) is 15.9 Å². The zero-order chi connectivity index (χ0) is 17.9. The summed E-state index contributed by atoms with van der Waals surface area (Å²) in [5.74, 6) is -0.517. The smallest absolute Gasteiger partial charge is 0.264 e. The van der Waals surface area contributed by atoms with Crippen molar-refractivity contribution in [2.24, 2.45) is 0 Å². The van der Waals surface area contributed by atoms with Gasteiger partial charge in [-0.3, -0.25) is 9.63 Å². The molecule has 0 spiro atoms. The minimum Gasteiger partial charge on any atom is -0.321 e. The number of nitrogens with zero attached hydrogens (tertiary/aromatic N) is 1. The molecule has 0 saturated heterocycles. The topological polar surface area (TPSA) is 75.7 Å². The predicted molar refractivity (Wildman–Crippen MR) is 92.8 cm³/mol. The summed E-state index contributed by atoms with van der Waals surface area (Å²) in [7, 11) is -1.36. The summed E-state index contributed by atoms with van der Waals surface area (Å²) < 4.78 is 25.2. The van der Waals surface area contributed by atoms with Crippen LogP contribution in [0, 0.1) is 0 Å². The number of nitrogens with one attached hydrogen (secondary N) is 1. The number of anilines is 1. The molecule has 0 bridgehead atoms. The molecule has 9 heteroatoms. The van der Waals surface area contributed by atoms with Crippen molar-refractivity contribution in [2.75, 3.05) is 19.5 Å². The van der Waals surface area contributed by atoms with Gasteiger partial charge >= 0.3 is 0 Å². The van der Waals surface area contributed by atoms with Gasteiger partial charge < -0.3 is 5.32 Å². The molecule has 0 saturated carbocycles. The molecule has 0 heterocycles. The number of hydrogen-bond donors (Lipinski definition) is 1. The van der Waals surface area contributed by atoms with Crippen LogP contribution in [-0.4, -0.2) is 33.0 Å². The third-order valence-electron chi connectivity index (χ3n) is 3.17. The van der Waals surface area contributed by atoms with E-state index >= 15 is 0 Å². The van der Waals surface area contributed by atoms with Crippen LogP contribution in [0.15, 0.2) is 47.4 Å². The van der Waals surface area contributed by atoms with E-state index < -0.39 is 15.9 Å². The third kappa shape index (κ3) is 4.06. The molecule has 0 aliphatic rings. The second kappa shape index (κ2) is 7.50. The van der Waals surface area contributed by atoms with Gasteiger partial charge in [-0.05, 0) is 36.4 Å². The molecule has 0 aliphatic heterocycles. The standard InChI is InChI=1S/C15H14Cl2N2O4S/c1-19(23-2)24(21,22)12-5-3-4-10(8-12)15(20)18-14-9-11(16)6-7-13(14)17/h3-9H,1-2H3,(H,18,20). The van der Waals surface area contributed by atoms with E-state index in [2.05, 4.69) is 5.32 Å². The number of halogens is 2. The van der Waals surface area contributed by atoms with Crippen LogP contribution < -0.4 is 5.32 Å². The van der Waals surface area contributed by atoms with Gasteiger partial charge in [0, 0.05) is 17.6 Å². The molecule has 0 fully saturated rings. The maximum atomic E-state index is 12.3. The average Bonchev–Trinajstić information content (AvgIpc) is 2.57. The molecular weight excluding hydrogens is 375 g/mol. The number of sulfonamides is 1. The first kappa shape index (κ1) is 18.7. The highest BCUT2D eigenvalue weighted by Crippen LogP contribution is 2.26. The second-order valence-corrected chi connectivity index (χ2v) is 7.48.